The van der Waals surface area contributed by atoms with Gasteiger partial charge in [0.25, 0.3) is 0 Å². The van der Waals surface area contributed by atoms with E-state index in [1.54, 1.807) is 0 Å². The lowest BCUT2D eigenvalue weighted by atomic mass is 10.3. The van der Waals surface area contributed by atoms with Gasteiger partial charge in [-0.1, -0.05) is 25.2 Å². The summed E-state index contributed by atoms with van der Waals surface area (Å²) in [6.07, 6.45) is 9.30. The second-order valence-electron chi connectivity index (χ2n) is 2.46. The van der Waals surface area contributed by atoms with Gasteiger partial charge < -0.3 is 0 Å². The molecule has 1 aliphatic heterocycles. The molecule has 0 bridgehead atoms. The molecule has 0 radical (unpaired) electrons. The zero-order valence-electron chi connectivity index (χ0n) is 6.54. The Morgan fingerprint density at radius 2 is 2.30 bits per heavy atom. The van der Waals surface area contributed by atoms with Crippen molar-refractivity contribution < 1.29 is 0 Å². The largest absolute Gasteiger partial charge is 0.283 e. The van der Waals surface area contributed by atoms with Crippen molar-refractivity contribution in [2.45, 2.75) is 26.3 Å². The Kier molecular flexibility index (Phi) is 2.43. The highest BCUT2D eigenvalue weighted by molar-refractivity contribution is 5.95. The van der Waals surface area contributed by atoms with Crippen molar-refractivity contribution in [1.29, 1.82) is 0 Å². The fourth-order valence-electron chi connectivity index (χ4n) is 0.948. The van der Waals surface area contributed by atoms with E-state index in [-0.39, 0.29) is 0 Å². The summed E-state index contributed by atoms with van der Waals surface area (Å²) in [5.41, 5.74) is 1.19. The second-order valence-corrected chi connectivity index (χ2v) is 2.46. The Morgan fingerprint density at radius 1 is 1.50 bits per heavy atom. The minimum atomic E-state index is 0.352. The molecule has 1 heteroatoms. The van der Waals surface area contributed by atoms with E-state index >= 15 is 0 Å². The van der Waals surface area contributed by atoms with Crippen LogP contribution in [-0.2, 0) is 0 Å². The molecule has 1 aliphatic rings. The third kappa shape index (κ3) is 1.83. The smallest absolute Gasteiger partial charge is 0.0657 e. The van der Waals surface area contributed by atoms with Crippen LogP contribution in [0.15, 0.2) is 29.3 Å². The summed E-state index contributed by atoms with van der Waals surface area (Å²) in [6.45, 7) is 4.22. The molecule has 0 saturated heterocycles. The average Bonchev–Trinajstić information content (AvgIpc) is 2.13. The number of allylic oxidation sites excluding steroid dienone is 3. The summed E-state index contributed by atoms with van der Waals surface area (Å²) in [5, 5.41) is 0. The first kappa shape index (κ1) is 7.26. The van der Waals surface area contributed by atoms with Gasteiger partial charge in [-0.3, -0.25) is 4.99 Å². The molecule has 0 spiro atoms. The fraction of sp³-hybridized carbons (Fsp3) is 0.444. The van der Waals surface area contributed by atoms with E-state index in [0.717, 1.165) is 6.42 Å². The van der Waals surface area contributed by atoms with Gasteiger partial charge in [0.1, 0.15) is 0 Å². The van der Waals surface area contributed by atoms with Crippen LogP contribution in [-0.4, -0.2) is 11.8 Å². The van der Waals surface area contributed by atoms with Gasteiger partial charge in [0, 0.05) is 5.71 Å². The van der Waals surface area contributed by atoms with Crippen molar-refractivity contribution in [3.63, 3.8) is 0 Å². The molecule has 0 aromatic rings. The Bertz CT molecular complexity index is 187. The van der Waals surface area contributed by atoms with E-state index in [2.05, 4.69) is 37.1 Å². The number of rotatable bonds is 1. The standard InChI is InChI=1S/C9H13N/c1-3-9-7-5-4-6-8(2)10-9/h4-8H,3H2,1-2H3. The normalized spacial score (nSPS) is 24.2. The molecular weight excluding hydrogens is 122 g/mol. The molecule has 10 heavy (non-hydrogen) atoms. The van der Waals surface area contributed by atoms with Gasteiger partial charge in [-0.15, -0.1) is 0 Å². The maximum atomic E-state index is 4.44. The Balaban J connectivity index is 2.74. The third-order valence-electron chi connectivity index (χ3n) is 1.52. The topological polar surface area (TPSA) is 12.4 Å². The third-order valence-corrected chi connectivity index (χ3v) is 1.52. The van der Waals surface area contributed by atoms with Crippen LogP contribution in [0.4, 0.5) is 0 Å². The van der Waals surface area contributed by atoms with Crippen LogP contribution < -0.4 is 0 Å². The summed E-state index contributed by atoms with van der Waals surface area (Å²) < 4.78 is 0. The van der Waals surface area contributed by atoms with Gasteiger partial charge in [-0.05, 0) is 19.4 Å². The number of hydrogen-bond acceptors (Lipinski definition) is 1. The SMILES string of the molecule is CCC1=NC(C)C=CC=C1. The molecule has 1 heterocycles. The van der Waals surface area contributed by atoms with Gasteiger partial charge in [-0.2, -0.15) is 0 Å². The molecule has 0 aromatic carbocycles. The van der Waals surface area contributed by atoms with E-state index in [0.29, 0.717) is 6.04 Å². The van der Waals surface area contributed by atoms with Crippen molar-refractivity contribution in [2.75, 3.05) is 0 Å². The lowest BCUT2D eigenvalue weighted by Gasteiger charge is -1.98. The summed E-state index contributed by atoms with van der Waals surface area (Å²) >= 11 is 0. The van der Waals surface area contributed by atoms with E-state index < -0.39 is 0 Å². The van der Waals surface area contributed by atoms with Crippen molar-refractivity contribution in [1.82, 2.24) is 0 Å². The predicted octanol–water partition coefficient (Wildman–Crippen LogP) is 2.35. The van der Waals surface area contributed by atoms with Crippen molar-refractivity contribution >= 4 is 5.71 Å². The summed E-state index contributed by atoms with van der Waals surface area (Å²) in [7, 11) is 0. The molecule has 0 saturated carbocycles. The van der Waals surface area contributed by atoms with Gasteiger partial charge in [-0.25, -0.2) is 0 Å². The first-order valence-electron chi connectivity index (χ1n) is 3.74. The molecular formula is C9H13N. The molecule has 0 fully saturated rings. The zero-order valence-corrected chi connectivity index (χ0v) is 6.54. The van der Waals surface area contributed by atoms with Crippen molar-refractivity contribution in [3.05, 3.63) is 24.3 Å². The summed E-state index contributed by atoms with van der Waals surface area (Å²) in [4.78, 5) is 4.44. The molecule has 1 unspecified atom stereocenters. The van der Waals surface area contributed by atoms with Crippen LogP contribution in [0.2, 0.25) is 0 Å². The van der Waals surface area contributed by atoms with Gasteiger partial charge >= 0.3 is 0 Å². The van der Waals surface area contributed by atoms with E-state index in [4.69, 9.17) is 0 Å². The van der Waals surface area contributed by atoms with Crippen LogP contribution in [0.5, 0.6) is 0 Å². The molecule has 0 amide bonds. The van der Waals surface area contributed by atoms with Crippen LogP contribution in [0.1, 0.15) is 20.3 Å². The van der Waals surface area contributed by atoms with E-state index in [1.807, 2.05) is 6.08 Å². The average molecular weight is 135 g/mol. The minimum Gasteiger partial charge on any atom is -0.283 e. The Hall–Kier alpha value is -0.850. The number of aliphatic imine (C=N–C) groups is 1. The van der Waals surface area contributed by atoms with E-state index in [9.17, 15) is 0 Å². The van der Waals surface area contributed by atoms with Gasteiger partial charge in [0.2, 0.25) is 0 Å². The fourth-order valence-corrected chi connectivity index (χ4v) is 0.948. The van der Waals surface area contributed by atoms with Crippen LogP contribution >= 0.6 is 0 Å². The Morgan fingerprint density at radius 3 is 3.00 bits per heavy atom. The van der Waals surface area contributed by atoms with Crippen molar-refractivity contribution in [2.24, 2.45) is 4.99 Å². The highest BCUT2D eigenvalue weighted by atomic mass is 14.8. The highest BCUT2D eigenvalue weighted by Crippen LogP contribution is 2.01. The molecule has 1 nitrogen and oxygen atoms in total. The zero-order chi connectivity index (χ0) is 7.40. The lowest BCUT2D eigenvalue weighted by molar-refractivity contribution is 0.922. The quantitative estimate of drug-likeness (QED) is 0.523. The molecule has 1 atom stereocenters. The maximum absolute atomic E-state index is 4.44. The number of hydrogen-bond donors (Lipinski definition) is 0. The second kappa shape index (κ2) is 3.35. The Labute approximate surface area is 62.2 Å². The van der Waals surface area contributed by atoms with E-state index in [1.165, 1.54) is 5.71 Å². The number of nitrogens with zero attached hydrogens (tertiary/aromatic N) is 1. The minimum absolute atomic E-state index is 0.352. The van der Waals surface area contributed by atoms with Crippen LogP contribution in [0.3, 0.4) is 0 Å². The van der Waals surface area contributed by atoms with Crippen LogP contribution in [0.25, 0.3) is 0 Å². The molecule has 0 aliphatic carbocycles. The predicted molar refractivity (Wildman–Crippen MR) is 45.5 cm³/mol. The maximum Gasteiger partial charge on any atom is 0.0657 e. The monoisotopic (exact) mass is 135 g/mol. The summed E-state index contributed by atoms with van der Waals surface area (Å²) in [6, 6.07) is 0.352. The van der Waals surface area contributed by atoms with Crippen LogP contribution in [0, 0.1) is 0 Å². The van der Waals surface area contributed by atoms with Gasteiger partial charge in [0.05, 0.1) is 6.04 Å². The molecule has 54 valence electrons. The van der Waals surface area contributed by atoms with Crippen molar-refractivity contribution in [3.8, 4) is 0 Å². The molecule has 0 N–H and O–H groups in total. The molecule has 1 rings (SSSR count). The van der Waals surface area contributed by atoms with Gasteiger partial charge in [0.15, 0.2) is 0 Å². The first-order valence-corrected chi connectivity index (χ1v) is 3.74. The molecule has 0 aromatic heterocycles. The first-order chi connectivity index (χ1) is 4.83. The lowest BCUT2D eigenvalue weighted by Crippen LogP contribution is -1.97. The highest BCUT2D eigenvalue weighted by Gasteiger charge is 1.96. The summed E-state index contributed by atoms with van der Waals surface area (Å²) in [5.74, 6) is 0.